The Hall–Kier alpha value is -2.11. The fourth-order valence-corrected chi connectivity index (χ4v) is 6.49. The Balaban J connectivity index is 1.84. The first-order valence-corrected chi connectivity index (χ1v) is 12.9. The Morgan fingerprint density at radius 1 is 1.16 bits per heavy atom. The van der Waals surface area contributed by atoms with Crippen molar-refractivity contribution in [2.75, 3.05) is 18.0 Å². The van der Waals surface area contributed by atoms with Gasteiger partial charge < -0.3 is 4.90 Å². The molecule has 0 N–H and O–H groups in total. The summed E-state index contributed by atoms with van der Waals surface area (Å²) in [6.45, 7) is 6.14. The molecule has 3 fully saturated rings. The molecule has 170 valence electrons. The van der Waals surface area contributed by atoms with Crippen molar-refractivity contribution in [2.24, 2.45) is 0 Å². The van der Waals surface area contributed by atoms with Crippen molar-refractivity contribution >= 4 is 46.1 Å². The van der Waals surface area contributed by atoms with E-state index in [4.69, 9.17) is 12.2 Å². The van der Waals surface area contributed by atoms with E-state index in [1.165, 1.54) is 18.2 Å². The van der Waals surface area contributed by atoms with E-state index in [-0.39, 0.29) is 23.1 Å². The van der Waals surface area contributed by atoms with Gasteiger partial charge in [-0.2, -0.15) is 5.26 Å². The molecule has 0 atom stereocenters. The predicted molar refractivity (Wildman–Crippen MR) is 134 cm³/mol. The van der Waals surface area contributed by atoms with Crippen molar-refractivity contribution in [1.29, 1.82) is 5.26 Å². The van der Waals surface area contributed by atoms with Gasteiger partial charge in [-0.15, -0.1) is 0 Å². The maximum atomic E-state index is 13.4. The number of pyridine rings is 1. The molecule has 0 unspecified atom stereocenters. The summed E-state index contributed by atoms with van der Waals surface area (Å²) in [6, 6.07) is 2.30. The van der Waals surface area contributed by atoms with E-state index in [0.29, 0.717) is 21.3 Å². The molecular weight excluding hydrogens is 440 g/mol. The minimum Gasteiger partial charge on any atom is -0.357 e. The van der Waals surface area contributed by atoms with Crippen molar-refractivity contribution in [1.82, 2.24) is 9.47 Å². The van der Waals surface area contributed by atoms with Gasteiger partial charge in [-0.05, 0) is 50.7 Å². The van der Waals surface area contributed by atoms with Crippen LogP contribution in [0, 0.1) is 18.3 Å². The number of anilines is 1. The Labute approximate surface area is 199 Å². The number of amides is 1. The Morgan fingerprint density at radius 2 is 1.84 bits per heavy atom. The lowest BCUT2D eigenvalue weighted by Gasteiger charge is -2.30. The Kier molecular flexibility index (Phi) is 7.06. The fraction of sp³-hybridized carbons (Fsp3) is 0.583. The number of carbonyl (C=O) groups excluding carboxylic acids is 1. The fourth-order valence-electron chi connectivity index (χ4n) is 5.11. The molecule has 3 heterocycles. The molecule has 0 aromatic carbocycles. The average molecular weight is 471 g/mol. The first kappa shape index (κ1) is 23.1. The van der Waals surface area contributed by atoms with Gasteiger partial charge in [-0.1, -0.05) is 50.2 Å². The van der Waals surface area contributed by atoms with E-state index in [1.807, 2.05) is 24.8 Å². The summed E-state index contributed by atoms with van der Waals surface area (Å²) < 4.78 is 2.36. The molecule has 1 amide bonds. The molecule has 1 aromatic heterocycles. The molecule has 1 saturated carbocycles. The van der Waals surface area contributed by atoms with Crippen molar-refractivity contribution in [3.05, 3.63) is 31.9 Å². The van der Waals surface area contributed by atoms with Crippen molar-refractivity contribution in [3.63, 3.8) is 0 Å². The van der Waals surface area contributed by atoms with Crippen LogP contribution in [-0.4, -0.2) is 38.8 Å². The number of aromatic nitrogens is 1. The smallest absolute Gasteiger partial charge is 0.270 e. The average Bonchev–Trinajstić information content (AvgIpc) is 3.41. The summed E-state index contributed by atoms with van der Waals surface area (Å²) in [7, 11) is 0. The molecular formula is C24H30N4O2S2. The van der Waals surface area contributed by atoms with E-state index >= 15 is 0 Å². The molecule has 8 heteroatoms. The molecule has 4 rings (SSSR count). The van der Waals surface area contributed by atoms with Gasteiger partial charge in [0.05, 0.1) is 4.91 Å². The van der Waals surface area contributed by atoms with Gasteiger partial charge in [0.2, 0.25) is 0 Å². The maximum absolute atomic E-state index is 13.4. The number of rotatable bonds is 5. The molecule has 6 nitrogen and oxygen atoms in total. The summed E-state index contributed by atoms with van der Waals surface area (Å²) in [5.41, 5.74) is 1.38. The first-order chi connectivity index (χ1) is 15.5. The summed E-state index contributed by atoms with van der Waals surface area (Å²) in [5, 5.41) is 9.74. The van der Waals surface area contributed by atoms with Gasteiger partial charge in [-0.25, -0.2) is 0 Å². The molecule has 1 aliphatic carbocycles. The number of carbonyl (C=O) groups is 1. The van der Waals surface area contributed by atoms with Crippen LogP contribution in [-0.2, 0) is 11.3 Å². The van der Waals surface area contributed by atoms with Crippen LogP contribution < -0.4 is 10.5 Å². The number of hydrogen-bond donors (Lipinski definition) is 0. The topological polar surface area (TPSA) is 69.3 Å². The lowest BCUT2D eigenvalue weighted by atomic mass is 9.94. The molecule has 2 saturated heterocycles. The van der Waals surface area contributed by atoms with Crippen LogP contribution in [0.4, 0.5) is 5.82 Å². The van der Waals surface area contributed by atoms with Crippen LogP contribution in [0.2, 0.25) is 0 Å². The van der Waals surface area contributed by atoms with Crippen LogP contribution in [0.5, 0.6) is 0 Å². The lowest BCUT2D eigenvalue weighted by molar-refractivity contribution is -0.124. The van der Waals surface area contributed by atoms with Gasteiger partial charge >= 0.3 is 0 Å². The standard InChI is InChI=1S/C24H30N4O2S2/c1-3-11-27-21(26-12-7-8-13-26)18(16(2)19(15-25)22(27)29)14-20-23(30)28(24(31)32-20)17-9-5-4-6-10-17/h14,17H,3-13H2,1-2H3/b20-14+. The third-order valence-electron chi connectivity index (χ3n) is 6.74. The molecule has 0 radical (unpaired) electrons. The molecule has 0 bridgehead atoms. The molecule has 2 aliphatic heterocycles. The van der Waals surface area contributed by atoms with Crippen LogP contribution >= 0.6 is 24.0 Å². The Bertz CT molecular complexity index is 1060. The minimum absolute atomic E-state index is 0.0366. The molecule has 3 aliphatic rings. The summed E-state index contributed by atoms with van der Waals surface area (Å²) in [5.74, 6) is 0.805. The molecule has 32 heavy (non-hydrogen) atoms. The largest absolute Gasteiger partial charge is 0.357 e. The van der Waals surface area contributed by atoms with Crippen LogP contribution in [0.25, 0.3) is 6.08 Å². The minimum atomic E-state index is -0.236. The summed E-state index contributed by atoms with van der Waals surface area (Å²) in [4.78, 5) is 31.2. The van der Waals surface area contributed by atoms with Crippen LogP contribution in [0.15, 0.2) is 9.70 Å². The first-order valence-electron chi connectivity index (χ1n) is 11.7. The zero-order valence-electron chi connectivity index (χ0n) is 18.9. The van der Waals surface area contributed by atoms with Crippen LogP contribution in [0.1, 0.15) is 75.0 Å². The van der Waals surface area contributed by atoms with E-state index in [1.54, 1.807) is 4.57 Å². The second kappa shape index (κ2) is 9.80. The number of nitriles is 1. The third-order valence-corrected chi connectivity index (χ3v) is 8.07. The Morgan fingerprint density at radius 3 is 2.47 bits per heavy atom. The van der Waals surface area contributed by atoms with E-state index in [0.717, 1.165) is 69.4 Å². The zero-order chi connectivity index (χ0) is 22.8. The number of nitrogens with zero attached hydrogens (tertiary/aromatic N) is 4. The second-order valence-corrected chi connectivity index (χ2v) is 10.5. The predicted octanol–water partition coefficient (Wildman–Crippen LogP) is 4.57. The number of hydrogen-bond acceptors (Lipinski definition) is 6. The van der Waals surface area contributed by atoms with Crippen molar-refractivity contribution in [3.8, 4) is 6.07 Å². The van der Waals surface area contributed by atoms with Gasteiger partial charge in [0.25, 0.3) is 11.5 Å². The van der Waals surface area contributed by atoms with Crippen molar-refractivity contribution < 1.29 is 4.79 Å². The SMILES string of the molecule is CCCn1c(N2CCCC2)c(/C=C2/SC(=S)N(C3CCCCC3)C2=O)c(C)c(C#N)c1=O. The van der Waals surface area contributed by atoms with Gasteiger partial charge in [-0.3, -0.25) is 19.1 Å². The highest BCUT2D eigenvalue weighted by atomic mass is 32.2. The molecule has 1 aromatic rings. The molecule has 0 spiro atoms. The normalized spacial score (nSPS) is 21.1. The monoisotopic (exact) mass is 470 g/mol. The lowest BCUT2D eigenvalue weighted by Crippen LogP contribution is -2.39. The zero-order valence-corrected chi connectivity index (χ0v) is 20.5. The van der Waals surface area contributed by atoms with E-state index in [2.05, 4.69) is 11.0 Å². The highest BCUT2D eigenvalue weighted by Crippen LogP contribution is 2.39. The number of thioether (sulfide) groups is 1. The highest BCUT2D eigenvalue weighted by Gasteiger charge is 2.38. The highest BCUT2D eigenvalue weighted by molar-refractivity contribution is 8.26. The van der Waals surface area contributed by atoms with E-state index < -0.39 is 0 Å². The maximum Gasteiger partial charge on any atom is 0.270 e. The van der Waals surface area contributed by atoms with Gasteiger partial charge in [0.15, 0.2) is 0 Å². The van der Waals surface area contributed by atoms with Gasteiger partial charge in [0, 0.05) is 31.2 Å². The van der Waals surface area contributed by atoms with E-state index in [9.17, 15) is 14.9 Å². The van der Waals surface area contributed by atoms with Gasteiger partial charge in [0.1, 0.15) is 21.8 Å². The number of thiocarbonyl (C=S) groups is 1. The third kappa shape index (κ3) is 4.13. The van der Waals surface area contributed by atoms with Crippen molar-refractivity contribution in [2.45, 2.75) is 77.8 Å². The second-order valence-electron chi connectivity index (χ2n) is 8.84. The van der Waals surface area contributed by atoms with Crippen LogP contribution in [0.3, 0.4) is 0 Å². The summed E-state index contributed by atoms with van der Waals surface area (Å²) in [6.07, 6.45) is 10.3. The quantitative estimate of drug-likeness (QED) is 0.464. The summed E-state index contributed by atoms with van der Waals surface area (Å²) >= 11 is 6.96.